The summed E-state index contributed by atoms with van der Waals surface area (Å²) in [4.78, 5) is 17.5. The number of carbonyl (C=O) groups excluding carboxylic acids is 1. The van der Waals surface area contributed by atoms with Gasteiger partial charge in [0.2, 0.25) is 0 Å². The molecular formula is C25H37N3O2. The number of rotatable bonds is 3. The smallest absolute Gasteiger partial charge is 0.318 e. The lowest BCUT2D eigenvalue weighted by molar-refractivity contribution is 0.0521. The predicted octanol–water partition coefficient (Wildman–Crippen LogP) is 4.09. The van der Waals surface area contributed by atoms with Gasteiger partial charge >= 0.3 is 6.03 Å². The molecule has 30 heavy (non-hydrogen) atoms. The summed E-state index contributed by atoms with van der Waals surface area (Å²) in [6.45, 7) is 6.40. The van der Waals surface area contributed by atoms with Crippen LogP contribution >= 0.6 is 0 Å². The van der Waals surface area contributed by atoms with Gasteiger partial charge in [-0.3, -0.25) is 0 Å². The first-order chi connectivity index (χ1) is 14.7. The van der Waals surface area contributed by atoms with Gasteiger partial charge in [0.1, 0.15) is 0 Å². The van der Waals surface area contributed by atoms with Crippen molar-refractivity contribution in [1.29, 1.82) is 0 Å². The van der Waals surface area contributed by atoms with Gasteiger partial charge in [-0.25, -0.2) is 4.79 Å². The summed E-state index contributed by atoms with van der Waals surface area (Å²) in [5.41, 5.74) is 3.08. The van der Waals surface area contributed by atoms with E-state index in [1.54, 1.807) is 0 Å². The number of ether oxygens (including phenoxy) is 1. The number of nitrogens with zero attached hydrogens (tertiary/aromatic N) is 2. The molecule has 1 saturated carbocycles. The van der Waals surface area contributed by atoms with Gasteiger partial charge in [-0.1, -0.05) is 43.5 Å². The van der Waals surface area contributed by atoms with Crippen LogP contribution in [0.5, 0.6) is 0 Å². The number of urea groups is 1. The van der Waals surface area contributed by atoms with Crippen LogP contribution in [-0.4, -0.2) is 61.8 Å². The number of nitrogens with one attached hydrogen (secondary N) is 1. The Balaban J connectivity index is 1.24. The first-order valence-electron chi connectivity index (χ1n) is 12.2. The highest BCUT2D eigenvalue weighted by molar-refractivity contribution is 5.75. The van der Waals surface area contributed by atoms with Gasteiger partial charge in [-0.05, 0) is 62.2 Å². The number of fused-ring (bicyclic) bond motifs is 2. The Morgan fingerprint density at radius 2 is 1.77 bits per heavy atom. The number of piperidine rings is 1. The van der Waals surface area contributed by atoms with E-state index in [-0.39, 0.29) is 17.5 Å². The highest BCUT2D eigenvalue weighted by Gasteiger charge is 2.46. The molecule has 1 N–H and O–H groups in total. The SMILES string of the molecule is O=C(N[C@H]1CC2(CCN(CC3CCCCC3)CC2)c2ccccc21)N1CCOCC1. The van der Waals surface area contributed by atoms with E-state index in [1.807, 2.05) is 4.90 Å². The molecular weight excluding hydrogens is 374 g/mol. The minimum Gasteiger partial charge on any atom is -0.378 e. The molecule has 1 aromatic carbocycles. The zero-order chi connectivity index (χ0) is 20.4. The van der Waals surface area contributed by atoms with Crippen molar-refractivity contribution in [2.24, 2.45) is 5.92 Å². The molecule has 0 aromatic heterocycles. The summed E-state index contributed by atoms with van der Waals surface area (Å²) in [6, 6.07) is 9.09. The van der Waals surface area contributed by atoms with Crippen molar-refractivity contribution in [1.82, 2.24) is 15.1 Å². The van der Waals surface area contributed by atoms with Crippen molar-refractivity contribution in [2.45, 2.75) is 62.8 Å². The Hall–Kier alpha value is -1.59. The standard InChI is InChI=1S/C25H37N3O2/c29-24(28-14-16-30-17-15-28)26-23-18-25(22-9-5-4-8-21(22)23)10-12-27(13-11-25)19-20-6-2-1-3-7-20/h4-5,8-9,20,23H,1-3,6-7,10-19H2,(H,26,29)/t23-/m0/s1. The van der Waals surface area contributed by atoms with Crippen molar-refractivity contribution in [2.75, 3.05) is 45.9 Å². The molecule has 5 rings (SSSR count). The highest BCUT2D eigenvalue weighted by atomic mass is 16.5. The molecule has 2 aliphatic heterocycles. The summed E-state index contributed by atoms with van der Waals surface area (Å²) in [7, 11) is 0. The van der Waals surface area contributed by atoms with Gasteiger partial charge in [-0.2, -0.15) is 0 Å². The van der Waals surface area contributed by atoms with Crippen molar-refractivity contribution < 1.29 is 9.53 Å². The van der Waals surface area contributed by atoms with Crippen molar-refractivity contribution in [3.05, 3.63) is 35.4 Å². The normalized spacial score (nSPS) is 27.2. The third-order valence-corrected chi connectivity index (χ3v) is 8.15. The minimum atomic E-state index is 0.0740. The number of amides is 2. The molecule has 0 unspecified atom stereocenters. The Morgan fingerprint density at radius 1 is 1.03 bits per heavy atom. The van der Waals surface area contributed by atoms with Crippen LogP contribution < -0.4 is 5.32 Å². The van der Waals surface area contributed by atoms with Crippen LogP contribution in [0.2, 0.25) is 0 Å². The molecule has 0 radical (unpaired) electrons. The van der Waals surface area contributed by atoms with Crippen LogP contribution in [0.15, 0.2) is 24.3 Å². The van der Waals surface area contributed by atoms with Crippen molar-refractivity contribution >= 4 is 6.03 Å². The predicted molar refractivity (Wildman–Crippen MR) is 119 cm³/mol. The lowest BCUT2D eigenvalue weighted by Crippen LogP contribution is -2.47. The van der Waals surface area contributed by atoms with Gasteiger partial charge in [0.05, 0.1) is 19.3 Å². The van der Waals surface area contributed by atoms with E-state index < -0.39 is 0 Å². The minimum absolute atomic E-state index is 0.0740. The van der Waals surface area contributed by atoms with Gasteiger partial charge in [-0.15, -0.1) is 0 Å². The van der Waals surface area contributed by atoms with Crippen LogP contribution in [0, 0.1) is 5.92 Å². The Bertz CT molecular complexity index is 732. The highest BCUT2D eigenvalue weighted by Crippen LogP contribution is 2.50. The van der Waals surface area contributed by atoms with Crippen LogP contribution in [-0.2, 0) is 10.2 Å². The summed E-state index contributed by atoms with van der Waals surface area (Å²) in [5.74, 6) is 0.921. The van der Waals surface area contributed by atoms with E-state index >= 15 is 0 Å². The molecule has 5 heteroatoms. The largest absolute Gasteiger partial charge is 0.378 e. The number of carbonyl (C=O) groups is 1. The lowest BCUT2D eigenvalue weighted by atomic mass is 9.73. The van der Waals surface area contributed by atoms with E-state index in [0.29, 0.717) is 26.3 Å². The molecule has 0 bridgehead atoms. The maximum atomic E-state index is 12.9. The summed E-state index contributed by atoms with van der Waals surface area (Å²) in [6.07, 6.45) is 10.7. The molecule has 4 aliphatic rings. The fourth-order valence-electron chi connectivity index (χ4n) is 6.40. The molecule has 2 amide bonds. The Morgan fingerprint density at radius 3 is 2.53 bits per heavy atom. The van der Waals surface area contributed by atoms with Crippen molar-refractivity contribution in [3.8, 4) is 0 Å². The average Bonchev–Trinajstić information content (AvgIpc) is 3.10. The Labute approximate surface area is 181 Å². The zero-order valence-corrected chi connectivity index (χ0v) is 18.3. The first kappa shape index (κ1) is 20.3. The quantitative estimate of drug-likeness (QED) is 0.815. The molecule has 2 saturated heterocycles. The number of likely N-dealkylation sites (tertiary alicyclic amines) is 1. The number of benzene rings is 1. The lowest BCUT2D eigenvalue weighted by Gasteiger charge is -2.42. The second kappa shape index (κ2) is 8.88. The maximum absolute atomic E-state index is 12.9. The van der Waals surface area contributed by atoms with Crippen LogP contribution in [0.4, 0.5) is 4.79 Å². The summed E-state index contributed by atoms with van der Waals surface area (Å²) < 4.78 is 5.40. The zero-order valence-electron chi connectivity index (χ0n) is 18.3. The molecule has 2 aliphatic carbocycles. The van der Waals surface area contributed by atoms with Gasteiger partial charge in [0.25, 0.3) is 0 Å². The number of hydrogen-bond donors (Lipinski definition) is 1. The molecule has 1 aromatic rings. The van der Waals surface area contributed by atoms with E-state index in [4.69, 9.17) is 4.74 Å². The van der Waals surface area contributed by atoms with E-state index in [1.165, 1.54) is 75.7 Å². The molecule has 2 heterocycles. The van der Waals surface area contributed by atoms with E-state index in [9.17, 15) is 4.79 Å². The van der Waals surface area contributed by atoms with Crippen LogP contribution in [0.3, 0.4) is 0 Å². The van der Waals surface area contributed by atoms with Crippen molar-refractivity contribution in [3.63, 3.8) is 0 Å². The maximum Gasteiger partial charge on any atom is 0.318 e. The topological polar surface area (TPSA) is 44.8 Å². The molecule has 5 nitrogen and oxygen atoms in total. The van der Waals surface area contributed by atoms with E-state index in [0.717, 1.165) is 12.3 Å². The monoisotopic (exact) mass is 411 g/mol. The van der Waals surface area contributed by atoms with Gasteiger partial charge < -0.3 is 19.9 Å². The molecule has 1 atom stereocenters. The molecule has 3 fully saturated rings. The first-order valence-corrected chi connectivity index (χ1v) is 12.2. The van der Waals surface area contributed by atoms with Crippen LogP contribution in [0.25, 0.3) is 0 Å². The van der Waals surface area contributed by atoms with Gasteiger partial charge in [0.15, 0.2) is 0 Å². The summed E-state index contributed by atoms with van der Waals surface area (Å²) >= 11 is 0. The summed E-state index contributed by atoms with van der Waals surface area (Å²) in [5, 5.41) is 3.37. The second-order valence-electron chi connectivity index (χ2n) is 9.98. The number of morpholine rings is 1. The van der Waals surface area contributed by atoms with Crippen LogP contribution in [0.1, 0.15) is 68.5 Å². The van der Waals surface area contributed by atoms with Gasteiger partial charge in [0, 0.05) is 25.0 Å². The fourth-order valence-corrected chi connectivity index (χ4v) is 6.40. The average molecular weight is 412 g/mol. The third kappa shape index (κ3) is 4.11. The Kier molecular flexibility index (Phi) is 6.01. The molecule has 164 valence electrons. The second-order valence-corrected chi connectivity index (χ2v) is 9.98. The molecule has 1 spiro atoms. The number of hydrogen-bond acceptors (Lipinski definition) is 3. The van der Waals surface area contributed by atoms with E-state index in [2.05, 4.69) is 34.5 Å². The third-order valence-electron chi connectivity index (χ3n) is 8.15. The fraction of sp³-hybridized carbons (Fsp3) is 0.720.